The van der Waals surface area contributed by atoms with Gasteiger partial charge in [-0.15, -0.1) is 0 Å². The number of hydrogen-bond acceptors (Lipinski definition) is 4. The second-order valence-corrected chi connectivity index (χ2v) is 6.02. The molecule has 0 saturated carbocycles. The minimum absolute atomic E-state index is 0. The Kier molecular flexibility index (Phi) is 6.07. The van der Waals surface area contributed by atoms with Crippen LogP contribution in [0.3, 0.4) is 0 Å². The third-order valence-electron chi connectivity index (χ3n) is 2.73. The molecule has 2 aromatic rings. The van der Waals surface area contributed by atoms with Gasteiger partial charge in [-0.2, -0.15) is 0 Å². The maximum atomic E-state index is 13.0. The van der Waals surface area contributed by atoms with Crippen LogP contribution in [0.5, 0.6) is 0 Å². The molecule has 0 atom stereocenters. The second kappa shape index (κ2) is 7.19. The predicted molar refractivity (Wildman–Crippen MR) is 82.2 cm³/mol. The molecule has 0 radical (unpaired) electrons. The first-order valence-electron chi connectivity index (χ1n) is 5.83. The van der Waals surface area contributed by atoms with Crippen molar-refractivity contribution in [1.29, 1.82) is 0 Å². The number of nitrogens with one attached hydrogen (secondary N) is 1. The molecule has 1 N–H and O–H groups in total. The summed E-state index contributed by atoms with van der Waals surface area (Å²) in [5.74, 6) is -0.819. The van der Waals surface area contributed by atoms with Gasteiger partial charge >= 0.3 is 29.6 Å². The first-order valence-corrected chi connectivity index (χ1v) is 7.31. The average molecular weight is 334 g/mol. The van der Waals surface area contributed by atoms with Crippen molar-refractivity contribution in [2.24, 2.45) is 0 Å². The van der Waals surface area contributed by atoms with E-state index in [2.05, 4.69) is 4.72 Å². The molecule has 0 heterocycles. The van der Waals surface area contributed by atoms with Crippen LogP contribution in [0, 0.1) is 22.9 Å². The Morgan fingerprint density at radius 3 is 2.27 bits per heavy atom. The van der Waals surface area contributed by atoms with Crippen molar-refractivity contribution in [1.82, 2.24) is 0 Å². The number of halogens is 1. The molecular formula is C13H12FN2NaO4S. The fourth-order valence-electron chi connectivity index (χ4n) is 1.66. The van der Waals surface area contributed by atoms with Crippen LogP contribution in [0.2, 0.25) is 0 Å². The van der Waals surface area contributed by atoms with Crippen molar-refractivity contribution in [3.05, 3.63) is 64.0 Å². The van der Waals surface area contributed by atoms with Gasteiger partial charge in [0.15, 0.2) is 0 Å². The number of nitrogens with zero attached hydrogens (tertiary/aromatic N) is 1. The summed E-state index contributed by atoms with van der Waals surface area (Å²) in [5.41, 5.74) is -0.0608. The number of nitro benzene ring substituents is 1. The Hall–Kier alpha value is -1.48. The van der Waals surface area contributed by atoms with Gasteiger partial charge in [-0.3, -0.25) is 14.8 Å². The quantitative estimate of drug-likeness (QED) is 0.527. The van der Waals surface area contributed by atoms with Crippen LogP contribution in [0.25, 0.3) is 0 Å². The van der Waals surface area contributed by atoms with E-state index in [4.69, 9.17) is 0 Å². The number of rotatable bonds is 4. The standard InChI is InChI=1S/C13H11FN2O4S.Na.H/c1-9-2-5-11(6-3-9)21(19,20)15-12-7-4-10(14)8-13(12)16(17)18;;/h2-8,15H,1H3;;. The topological polar surface area (TPSA) is 89.3 Å². The van der Waals surface area contributed by atoms with Gasteiger partial charge < -0.3 is 0 Å². The molecule has 0 amide bonds. The Morgan fingerprint density at radius 1 is 1.14 bits per heavy atom. The van der Waals surface area contributed by atoms with Crippen LogP contribution in [-0.4, -0.2) is 42.9 Å². The van der Waals surface area contributed by atoms with Crippen LogP contribution in [0.4, 0.5) is 15.8 Å². The van der Waals surface area contributed by atoms with Gasteiger partial charge in [-0.1, -0.05) is 17.7 Å². The molecule has 0 aliphatic heterocycles. The molecule has 2 aromatic carbocycles. The summed E-state index contributed by atoms with van der Waals surface area (Å²) in [4.78, 5) is 9.96. The molecule has 0 aromatic heterocycles. The van der Waals surface area contributed by atoms with Crippen LogP contribution in [-0.2, 0) is 10.0 Å². The van der Waals surface area contributed by atoms with Gasteiger partial charge in [-0.05, 0) is 31.2 Å². The first kappa shape index (κ1) is 18.6. The molecular weight excluding hydrogens is 322 g/mol. The summed E-state index contributed by atoms with van der Waals surface area (Å²) in [6.45, 7) is 1.80. The van der Waals surface area contributed by atoms with Gasteiger partial charge in [-0.25, -0.2) is 12.8 Å². The normalized spacial score (nSPS) is 10.6. The zero-order valence-corrected chi connectivity index (χ0v) is 11.7. The Balaban J connectivity index is 0.00000242. The summed E-state index contributed by atoms with van der Waals surface area (Å²) in [7, 11) is -3.98. The van der Waals surface area contributed by atoms with Crippen molar-refractivity contribution >= 4 is 51.0 Å². The van der Waals surface area contributed by atoms with Crippen molar-refractivity contribution in [2.45, 2.75) is 11.8 Å². The molecule has 6 nitrogen and oxygen atoms in total. The monoisotopic (exact) mass is 334 g/mol. The molecule has 0 fully saturated rings. The molecule has 0 aliphatic rings. The minimum atomic E-state index is -3.98. The van der Waals surface area contributed by atoms with E-state index >= 15 is 0 Å². The predicted octanol–water partition coefficient (Wildman–Crippen LogP) is 2.19. The molecule has 0 aliphatic carbocycles. The van der Waals surface area contributed by atoms with E-state index in [-0.39, 0.29) is 40.1 Å². The second-order valence-electron chi connectivity index (χ2n) is 4.34. The molecule has 0 unspecified atom stereocenters. The van der Waals surface area contributed by atoms with Gasteiger partial charge in [0, 0.05) is 0 Å². The Labute approximate surface area is 148 Å². The van der Waals surface area contributed by atoms with Crippen LogP contribution in [0.15, 0.2) is 47.4 Å². The number of sulfonamides is 1. The summed E-state index contributed by atoms with van der Waals surface area (Å²) >= 11 is 0. The summed E-state index contributed by atoms with van der Waals surface area (Å²) < 4.78 is 39.4. The van der Waals surface area contributed by atoms with E-state index in [1.807, 2.05) is 0 Å². The third kappa shape index (κ3) is 4.26. The number of aryl methyl sites for hydroxylation is 1. The van der Waals surface area contributed by atoms with E-state index in [0.717, 1.165) is 17.7 Å². The maximum absolute atomic E-state index is 13.0. The fraction of sp³-hybridized carbons (Fsp3) is 0.0769. The summed E-state index contributed by atoms with van der Waals surface area (Å²) in [6.07, 6.45) is 0. The van der Waals surface area contributed by atoms with E-state index in [0.29, 0.717) is 6.07 Å². The van der Waals surface area contributed by atoms with Crippen LogP contribution < -0.4 is 4.72 Å². The third-order valence-corrected chi connectivity index (χ3v) is 4.11. The van der Waals surface area contributed by atoms with E-state index in [9.17, 15) is 22.9 Å². The molecule has 0 saturated heterocycles. The van der Waals surface area contributed by atoms with Crippen molar-refractivity contribution in [3.63, 3.8) is 0 Å². The zero-order chi connectivity index (χ0) is 15.6. The fourth-order valence-corrected chi connectivity index (χ4v) is 2.74. The molecule has 2 rings (SSSR count). The molecule has 0 spiro atoms. The van der Waals surface area contributed by atoms with Gasteiger partial charge in [0.25, 0.3) is 15.7 Å². The number of hydrogen-bond donors (Lipinski definition) is 1. The van der Waals surface area contributed by atoms with Gasteiger partial charge in [0.05, 0.1) is 15.9 Å². The van der Waals surface area contributed by atoms with E-state index in [1.165, 1.54) is 12.1 Å². The van der Waals surface area contributed by atoms with Crippen LogP contribution in [0.1, 0.15) is 5.56 Å². The zero-order valence-electron chi connectivity index (χ0n) is 10.9. The summed E-state index contributed by atoms with van der Waals surface area (Å²) in [6, 6.07) is 8.59. The first-order chi connectivity index (χ1) is 9.79. The van der Waals surface area contributed by atoms with Crippen molar-refractivity contribution in [2.75, 3.05) is 4.72 Å². The van der Waals surface area contributed by atoms with E-state index < -0.39 is 26.5 Å². The average Bonchev–Trinajstić information content (AvgIpc) is 2.41. The molecule has 22 heavy (non-hydrogen) atoms. The molecule has 0 bridgehead atoms. The Morgan fingerprint density at radius 2 is 1.73 bits per heavy atom. The van der Waals surface area contributed by atoms with Crippen molar-refractivity contribution < 1.29 is 17.7 Å². The number of nitro groups is 1. The molecule has 112 valence electrons. The number of benzene rings is 2. The van der Waals surface area contributed by atoms with Crippen LogP contribution >= 0.6 is 0 Å². The SMILES string of the molecule is Cc1ccc(S(=O)(=O)Nc2ccc(F)cc2[N+](=O)[O-])cc1.[NaH]. The summed E-state index contributed by atoms with van der Waals surface area (Å²) in [5, 5.41) is 10.8. The van der Waals surface area contributed by atoms with Gasteiger partial charge in [0.2, 0.25) is 0 Å². The van der Waals surface area contributed by atoms with E-state index in [1.54, 1.807) is 19.1 Å². The number of anilines is 1. The molecule has 9 heteroatoms. The van der Waals surface area contributed by atoms with Gasteiger partial charge in [0.1, 0.15) is 11.5 Å². The van der Waals surface area contributed by atoms with Crippen molar-refractivity contribution in [3.8, 4) is 0 Å². The Bertz CT molecular complexity index is 794.